The van der Waals surface area contributed by atoms with Gasteiger partial charge in [0.15, 0.2) is 0 Å². The summed E-state index contributed by atoms with van der Waals surface area (Å²) in [7, 11) is 1.36. The lowest BCUT2D eigenvalue weighted by Crippen LogP contribution is -2.08. The highest BCUT2D eigenvalue weighted by atomic mass is 16.5. The third-order valence-corrected chi connectivity index (χ3v) is 2.12. The van der Waals surface area contributed by atoms with Crippen LogP contribution in [0.2, 0.25) is 0 Å². The fraction of sp³-hybridized carbons (Fsp3) is 0.364. The Morgan fingerprint density at radius 2 is 2.20 bits per heavy atom. The molecule has 0 aromatic heterocycles. The number of rotatable bonds is 4. The van der Waals surface area contributed by atoms with E-state index in [1.165, 1.54) is 7.11 Å². The summed E-state index contributed by atoms with van der Waals surface area (Å²) in [6.07, 6.45) is 0.241. The highest BCUT2D eigenvalue weighted by molar-refractivity contribution is 5.69. The van der Waals surface area contributed by atoms with Gasteiger partial charge in [-0.05, 0) is 19.1 Å². The standard InChI is InChI=1S/C11H15NO3/c1-8-9(12)4-3-5-10(8)15-7-6-11(13)14-2/h3-5H,6-7,12H2,1-2H3. The summed E-state index contributed by atoms with van der Waals surface area (Å²) in [4.78, 5) is 10.8. The molecule has 0 amide bonds. The fourth-order valence-electron chi connectivity index (χ4n) is 1.13. The molecule has 0 aliphatic rings. The van der Waals surface area contributed by atoms with Crippen LogP contribution in [-0.2, 0) is 9.53 Å². The number of carbonyl (C=O) groups excluding carboxylic acids is 1. The molecule has 1 aromatic rings. The second-order valence-electron chi connectivity index (χ2n) is 3.14. The molecule has 0 atom stereocenters. The van der Waals surface area contributed by atoms with Gasteiger partial charge >= 0.3 is 5.97 Å². The lowest BCUT2D eigenvalue weighted by Gasteiger charge is -2.09. The SMILES string of the molecule is COC(=O)CCOc1cccc(N)c1C. The molecule has 4 heteroatoms. The Labute approximate surface area is 89.0 Å². The maximum absolute atomic E-state index is 10.8. The van der Waals surface area contributed by atoms with Crippen molar-refractivity contribution in [2.45, 2.75) is 13.3 Å². The Morgan fingerprint density at radius 3 is 2.87 bits per heavy atom. The summed E-state index contributed by atoms with van der Waals surface area (Å²) in [6.45, 7) is 2.18. The van der Waals surface area contributed by atoms with Crippen molar-refractivity contribution in [1.29, 1.82) is 0 Å². The van der Waals surface area contributed by atoms with Gasteiger partial charge in [0.25, 0.3) is 0 Å². The first kappa shape index (κ1) is 11.4. The van der Waals surface area contributed by atoms with E-state index in [2.05, 4.69) is 4.74 Å². The minimum absolute atomic E-state index is 0.241. The third kappa shape index (κ3) is 3.16. The zero-order valence-electron chi connectivity index (χ0n) is 8.95. The van der Waals surface area contributed by atoms with Crippen molar-refractivity contribution in [3.63, 3.8) is 0 Å². The topological polar surface area (TPSA) is 61.5 Å². The predicted molar refractivity (Wildman–Crippen MR) is 57.7 cm³/mol. The van der Waals surface area contributed by atoms with E-state index in [-0.39, 0.29) is 12.4 Å². The Morgan fingerprint density at radius 1 is 1.47 bits per heavy atom. The molecule has 0 aliphatic heterocycles. The van der Waals surface area contributed by atoms with E-state index >= 15 is 0 Å². The summed E-state index contributed by atoms with van der Waals surface area (Å²) in [6, 6.07) is 5.45. The molecule has 15 heavy (non-hydrogen) atoms. The van der Waals surface area contributed by atoms with E-state index in [4.69, 9.17) is 10.5 Å². The van der Waals surface area contributed by atoms with E-state index < -0.39 is 0 Å². The Balaban J connectivity index is 2.51. The molecule has 0 bridgehead atoms. The molecular weight excluding hydrogens is 194 g/mol. The number of methoxy groups -OCH3 is 1. The summed E-state index contributed by atoms with van der Waals surface area (Å²) >= 11 is 0. The van der Waals surface area contributed by atoms with Crippen LogP contribution in [0.1, 0.15) is 12.0 Å². The lowest BCUT2D eigenvalue weighted by atomic mass is 10.2. The number of nitrogens with two attached hydrogens (primary N) is 1. The van der Waals surface area contributed by atoms with Crippen LogP contribution in [0, 0.1) is 6.92 Å². The summed E-state index contributed by atoms with van der Waals surface area (Å²) < 4.78 is 9.91. The largest absolute Gasteiger partial charge is 0.493 e. The van der Waals surface area contributed by atoms with E-state index in [1.807, 2.05) is 25.1 Å². The van der Waals surface area contributed by atoms with Crippen LogP contribution in [0.25, 0.3) is 0 Å². The zero-order valence-corrected chi connectivity index (χ0v) is 8.95. The summed E-state index contributed by atoms with van der Waals surface area (Å²) in [5.74, 6) is 0.426. The van der Waals surface area contributed by atoms with Gasteiger partial charge in [-0.2, -0.15) is 0 Å². The van der Waals surface area contributed by atoms with Crippen LogP contribution in [0.4, 0.5) is 5.69 Å². The van der Waals surface area contributed by atoms with Crippen molar-refractivity contribution < 1.29 is 14.3 Å². The van der Waals surface area contributed by atoms with Crippen molar-refractivity contribution in [2.24, 2.45) is 0 Å². The highest BCUT2D eigenvalue weighted by Crippen LogP contribution is 2.22. The van der Waals surface area contributed by atoms with Crippen LogP contribution >= 0.6 is 0 Å². The number of nitrogen functional groups attached to an aromatic ring is 1. The molecule has 1 rings (SSSR count). The van der Waals surface area contributed by atoms with Crippen molar-refractivity contribution >= 4 is 11.7 Å². The van der Waals surface area contributed by atoms with Gasteiger partial charge in [0.05, 0.1) is 20.1 Å². The predicted octanol–water partition coefficient (Wildman–Crippen LogP) is 1.52. The maximum atomic E-state index is 10.8. The molecule has 2 N–H and O–H groups in total. The number of carbonyl (C=O) groups is 1. The maximum Gasteiger partial charge on any atom is 0.308 e. The third-order valence-electron chi connectivity index (χ3n) is 2.12. The first-order valence-electron chi connectivity index (χ1n) is 4.70. The van der Waals surface area contributed by atoms with E-state index in [1.54, 1.807) is 0 Å². The van der Waals surface area contributed by atoms with E-state index in [0.717, 1.165) is 5.56 Å². The van der Waals surface area contributed by atoms with Crippen LogP contribution in [0.3, 0.4) is 0 Å². The number of ether oxygens (including phenoxy) is 2. The number of benzene rings is 1. The average Bonchev–Trinajstić information content (AvgIpc) is 2.24. The molecule has 0 saturated heterocycles. The molecule has 82 valence electrons. The van der Waals surface area contributed by atoms with Gasteiger partial charge in [-0.15, -0.1) is 0 Å². The number of esters is 1. The summed E-state index contributed by atoms with van der Waals surface area (Å²) in [5.41, 5.74) is 7.28. The van der Waals surface area contributed by atoms with Crippen LogP contribution in [0.15, 0.2) is 18.2 Å². The first-order chi connectivity index (χ1) is 7.15. The molecule has 0 heterocycles. The van der Waals surface area contributed by atoms with Crippen LogP contribution < -0.4 is 10.5 Å². The first-order valence-corrected chi connectivity index (χ1v) is 4.70. The minimum Gasteiger partial charge on any atom is -0.493 e. The smallest absolute Gasteiger partial charge is 0.308 e. The minimum atomic E-state index is -0.281. The van der Waals surface area contributed by atoms with Gasteiger partial charge in [0.1, 0.15) is 5.75 Å². The number of hydrogen-bond donors (Lipinski definition) is 1. The van der Waals surface area contributed by atoms with Crippen LogP contribution in [0.5, 0.6) is 5.75 Å². The van der Waals surface area contributed by atoms with Gasteiger partial charge in [0, 0.05) is 11.3 Å². The zero-order chi connectivity index (χ0) is 11.3. The Kier molecular flexibility index (Phi) is 3.97. The lowest BCUT2D eigenvalue weighted by molar-refractivity contribution is -0.141. The average molecular weight is 209 g/mol. The molecule has 1 aromatic carbocycles. The molecule has 4 nitrogen and oxygen atoms in total. The van der Waals surface area contributed by atoms with E-state index in [9.17, 15) is 4.79 Å². The number of anilines is 1. The fourth-order valence-corrected chi connectivity index (χ4v) is 1.13. The normalized spacial score (nSPS) is 9.73. The van der Waals surface area contributed by atoms with Gasteiger partial charge < -0.3 is 15.2 Å². The molecule has 0 aliphatic carbocycles. The van der Waals surface area contributed by atoms with Gasteiger partial charge in [-0.25, -0.2) is 0 Å². The highest BCUT2D eigenvalue weighted by Gasteiger charge is 2.04. The molecular formula is C11H15NO3. The molecule has 0 fully saturated rings. The van der Waals surface area contributed by atoms with E-state index in [0.29, 0.717) is 18.0 Å². The molecule has 0 unspecified atom stereocenters. The van der Waals surface area contributed by atoms with Crippen molar-refractivity contribution in [3.8, 4) is 5.75 Å². The second-order valence-corrected chi connectivity index (χ2v) is 3.14. The van der Waals surface area contributed by atoms with Crippen molar-refractivity contribution in [2.75, 3.05) is 19.5 Å². The van der Waals surface area contributed by atoms with Gasteiger partial charge in [-0.3, -0.25) is 4.79 Å². The quantitative estimate of drug-likeness (QED) is 0.603. The number of hydrogen-bond acceptors (Lipinski definition) is 4. The molecule has 0 radical (unpaired) electrons. The molecule has 0 saturated carbocycles. The Hall–Kier alpha value is -1.71. The Bertz CT molecular complexity index is 350. The van der Waals surface area contributed by atoms with Crippen LogP contribution in [-0.4, -0.2) is 19.7 Å². The van der Waals surface area contributed by atoms with Crippen molar-refractivity contribution in [1.82, 2.24) is 0 Å². The van der Waals surface area contributed by atoms with Gasteiger partial charge in [0.2, 0.25) is 0 Å². The summed E-state index contributed by atoms with van der Waals surface area (Å²) in [5, 5.41) is 0. The second kappa shape index (κ2) is 5.24. The molecule has 0 spiro atoms. The van der Waals surface area contributed by atoms with Gasteiger partial charge in [-0.1, -0.05) is 6.07 Å². The van der Waals surface area contributed by atoms with Crippen molar-refractivity contribution in [3.05, 3.63) is 23.8 Å². The monoisotopic (exact) mass is 209 g/mol.